The topological polar surface area (TPSA) is 143 Å². The standard InChI is InChI=1S/C24H33NO9/c1-10-6-13(26)19(29)22(3)12(10)7-14-23-9-32-24(31,21(22)23)18(28)11(2)16(23)17(20(30)33-14)34-15(27)8-25(4)5/h6,11-12,14,16-19,21,28-29,31H,7-9H2,1-5H3/t11-,12+,14-,16-,17-,18-,19-,21-,22-,23+,24+/m1/s1. The summed E-state index contributed by atoms with van der Waals surface area (Å²) >= 11 is 0. The van der Waals surface area contributed by atoms with Crippen LogP contribution in [0.3, 0.4) is 0 Å². The van der Waals surface area contributed by atoms with E-state index in [1.807, 2.05) is 0 Å². The van der Waals surface area contributed by atoms with Crippen molar-refractivity contribution in [3.05, 3.63) is 11.6 Å². The Labute approximate surface area is 197 Å². The molecule has 5 rings (SSSR count). The van der Waals surface area contributed by atoms with Gasteiger partial charge in [0, 0.05) is 22.7 Å². The lowest BCUT2D eigenvalue weighted by molar-refractivity contribution is -0.340. The summed E-state index contributed by atoms with van der Waals surface area (Å²) in [5, 5.41) is 34.3. The maximum absolute atomic E-state index is 13.2. The molecule has 0 unspecified atom stereocenters. The van der Waals surface area contributed by atoms with Crippen LogP contribution >= 0.6 is 0 Å². The predicted molar refractivity (Wildman–Crippen MR) is 115 cm³/mol. The second-order valence-corrected chi connectivity index (χ2v) is 11.3. The van der Waals surface area contributed by atoms with Gasteiger partial charge in [0.25, 0.3) is 0 Å². The minimum Gasteiger partial charge on any atom is -0.459 e. The second kappa shape index (κ2) is 7.33. The van der Waals surface area contributed by atoms with Gasteiger partial charge in [0.1, 0.15) is 18.3 Å². The van der Waals surface area contributed by atoms with E-state index in [0.29, 0.717) is 6.42 Å². The van der Waals surface area contributed by atoms with Gasteiger partial charge < -0.3 is 29.5 Å². The maximum atomic E-state index is 13.2. The zero-order valence-corrected chi connectivity index (χ0v) is 20.1. The molecule has 5 aliphatic rings. The Bertz CT molecular complexity index is 979. The lowest BCUT2D eigenvalue weighted by atomic mass is 9.38. The molecule has 0 radical (unpaired) electrons. The molecule has 4 fully saturated rings. The van der Waals surface area contributed by atoms with Crippen molar-refractivity contribution in [2.24, 2.45) is 34.5 Å². The number of rotatable bonds is 3. The van der Waals surface area contributed by atoms with Crippen molar-refractivity contribution in [2.75, 3.05) is 27.2 Å². The first kappa shape index (κ1) is 23.9. The number of aliphatic hydroxyl groups is 3. The number of likely N-dealkylation sites (N-methyl/N-ethyl adjacent to an activating group) is 1. The van der Waals surface area contributed by atoms with Crippen molar-refractivity contribution in [3.8, 4) is 0 Å². The van der Waals surface area contributed by atoms with Gasteiger partial charge >= 0.3 is 11.9 Å². The summed E-state index contributed by atoms with van der Waals surface area (Å²) in [4.78, 5) is 40.1. The van der Waals surface area contributed by atoms with E-state index in [-0.39, 0.29) is 13.2 Å². The van der Waals surface area contributed by atoms with Crippen molar-refractivity contribution in [1.29, 1.82) is 0 Å². The van der Waals surface area contributed by atoms with Gasteiger partial charge in [0.2, 0.25) is 6.10 Å². The number of fused-ring (bicyclic) bond motifs is 1. The van der Waals surface area contributed by atoms with E-state index in [9.17, 15) is 29.7 Å². The third-order valence-corrected chi connectivity index (χ3v) is 9.33. The zero-order chi connectivity index (χ0) is 25.0. The van der Waals surface area contributed by atoms with Crippen LogP contribution in [0, 0.1) is 34.5 Å². The summed E-state index contributed by atoms with van der Waals surface area (Å²) in [5.41, 5.74) is -1.54. The third-order valence-electron chi connectivity index (χ3n) is 9.33. The van der Waals surface area contributed by atoms with Crippen molar-refractivity contribution < 1.29 is 43.9 Å². The molecule has 188 valence electrons. The number of hydrogen-bond acceptors (Lipinski definition) is 10. The van der Waals surface area contributed by atoms with E-state index in [1.54, 1.807) is 39.8 Å². The molecule has 2 saturated carbocycles. The molecule has 2 heterocycles. The second-order valence-electron chi connectivity index (χ2n) is 11.3. The number of ether oxygens (including phenoxy) is 3. The number of aliphatic hydroxyl groups excluding tert-OH is 2. The van der Waals surface area contributed by atoms with E-state index in [4.69, 9.17) is 14.2 Å². The number of esters is 2. The largest absolute Gasteiger partial charge is 0.459 e. The van der Waals surface area contributed by atoms with Gasteiger partial charge in [-0.05, 0) is 45.4 Å². The van der Waals surface area contributed by atoms with Crippen molar-refractivity contribution in [2.45, 2.75) is 57.4 Å². The fraction of sp³-hybridized carbons (Fsp3) is 0.792. The molecule has 10 heteroatoms. The first-order chi connectivity index (χ1) is 15.8. The smallest absolute Gasteiger partial charge is 0.348 e. The number of carbonyl (C=O) groups excluding carboxylic acids is 3. The predicted octanol–water partition coefficient (Wildman–Crippen LogP) is -0.750. The fourth-order valence-corrected chi connectivity index (χ4v) is 8.17. The lowest BCUT2D eigenvalue weighted by Crippen LogP contribution is -2.78. The minimum atomic E-state index is -2.07. The summed E-state index contributed by atoms with van der Waals surface area (Å²) in [7, 11) is 3.39. The van der Waals surface area contributed by atoms with Crippen LogP contribution in [-0.2, 0) is 28.6 Å². The van der Waals surface area contributed by atoms with Crippen LogP contribution in [0.15, 0.2) is 11.6 Å². The minimum absolute atomic E-state index is 0.0509. The van der Waals surface area contributed by atoms with Crippen LogP contribution in [0.25, 0.3) is 0 Å². The number of ketones is 1. The highest BCUT2D eigenvalue weighted by Gasteiger charge is 2.83. The van der Waals surface area contributed by atoms with E-state index >= 15 is 0 Å². The average molecular weight is 480 g/mol. The molecule has 0 aromatic heterocycles. The molecule has 2 saturated heterocycles. The molecule has 0 amide bonds. The summed E-state index contributed by atoms with van der Waals surface area (Å²) in [5.74, 6) is -6.62. The molecule has 10 nitrogen and oxygen atoms in total. The Morgan fingerprint density at radius 2 is 1.97 bits per heavy atom. The summed E-state index contributed by atoms with van der Waals surface area (Å²) in [6.07, 6.45) is -3.17. The average Bonchev–Trinajstić information content (AvgIpc) is 3.03. The van der Waals surface area contributed by atoms with Gasteiger partial charge in [-0.25, -0.2) is 4.79 Å². The van der Waals surface area contributed by atoms with E-state index < -0.39 is 82.4 Å². The molecular formula is C24H33NO9. The molecule has 2 aliphatic heterocycles. The highest BCUT2D eigenvalue weighted by Crippen LogP contribution is 2.73. The number of hydrogen-bond donors (Lipinski definition) is 3. The van der Waals surface area contributed by atoms with Gasteiger partial charge in [-0.2, -0.15) is 0 Å². The van der Waals surface area contributed by atoms with Crippen LogP contribution in [-0.4, -0.2) is 95.4 Å². The Morgan fingerprint density at radius 3 is 2.62 bits per heavy atom. The summed E-state index contributed by atoms with van der Waals surface area (Å²) in [6.45, 7) is 5.10. The quantitative estimate of drug-likeness (QED) is 0.443. The number of carbonyl (C=O) groups is 3. The van der Waals surface area contributed by atoms with E-state index in [0.717, 1.165) is 5.57 Å². The summed E-state index contributed by atoms with van der Waals surface area (Å²) in [6, 6.07) is 0. The molecule has 34 heavy (non-hydrogen) atoms. The van der Waals surface area contributed by atoms with Crippen molar-refractivity contribution in [3.63, 3.8) is 0 Å². The third kappa shape index (κ3) is 2.71. The monoisotopic (exact) mass is 479 g/mol. The first-order valence-electron chi connectivity index (χ1n) is 11.8. The van der Waals surface area contributed by atoms with Gasteiger partial charge in [-0.1, -0.05) is 19.4 Å². The Balaban J connectivity index is 1.68. The molecule has 3 aliphatic carbocycles. The van der Waals surface area contributed by atoms with Crippen LogP contribution in [0.1, 0.15) is 27.2 Å². The van der Waals surface area contributed by atoms with Gasteiger partial charge in [-0.3, -0.25) is 14.5 Å². The molecule has 1 spiro atoms. The van der Waals surface area contributed by atoms with Crippen LogP contribution in [0.5, 0.6) is 0 Å². The van der Waals surface area contributed by atoms with Gasteiger partial charge in [-0.15, -0.1) is 0 Å². The van der Waals surface area contributed by atoms with Crippen LogP contribution in [0.2, 0.25) is 0 Å². The molecule has 3 N–H and O–H groups in total. The fourth-order valence-electron chi connectivity index (χ4n) is 8.17. The molecule has 2 bridgehead atoms. The van der Waals surface area contributed by atoms with E-state index in [1.165, 1.54) is 6.08 Å². The van der Waals surface area contributed by atoms with Gasteiger partial charge in [0.05, 0.1) is 13.2 Å². The van der Waals surface area contributed by atoms with E-state index in [2.05, 4.69) is 0 Å². The Morgan fingerprint density at radius 1 is 1.29 bits per heavy atom. The highest BCUT2D eigenvalue weighted by molar-refractivity contribution is 5.96. The number of nitrogens with zero attached hydrogens (tertiary/aromatic N) is 1. The lowest BCUT2D eigenvalue weighted by Gasteiger charge is -2.68. The molecule has 0 aromatic rings. The molecule has 0 aromatic carbocycles. The van der Waals surface area contributed by atoms with Crippen molar-refractivity contribution >= 4 is 17.7 Å². The number of allylic oxidation sites excluding steroid dienone is 1. The van der Waals surface area contributed by atoms with Gasteiger partial charge in [0.15, 0.2) is 11.6 Å². The zero-order valence-electron chi connectivity index (χ0n) is 20.1. The van der Waals surface area contributed by atoms with Crippen molar-refractivity contribution in [1.82, 2.24) is 4.90 Å². The molecule has 11 atom stereocenters. The van der Waals surface area contributed by atoms with Crippen LogP contribution < -0.4 is 0 Å². The Kier molecular flexibility index (Phi) is 5.15. The van der Waals surface area contributed by atoms with Crippen LogP contribution in [0.4, 0.5) is 0 Å². The highest BCUT2D eigenvalue weighted by atomic mass is 16.7. The SMILES string of the molecule is CC1=CC(=O)[C@@H](O)[C@]2(C)[C@H]3[C@@]4(O)OC[C@]35[C@H]([C@@H](C)[C@H]4O)[C@@H](OC(=O)CN(C)C)C(=O)O[C@@H]5C[C@@H]12. The maximum Gasteiger partial charge on any atom is 0.348 e. The normalized spacial score (nSPS) is 51.4. The first-order valence-corrected chi connectivity index (χ1v) is 11.8. The molecular weight excluding hydrogens is 446 g/mol. The Hall–Kier alpha value is -1.85. The summed E-state index contributed by atoms with van der Waals surface area (Å²) < 4.78 is 17.5.